The number of rotatable bonds is 8. The molecule has 0 radical (unpaired) electrons. The second-order valence-corrected chi connectivity index (χ2v) is 6.92. The molecule has 0 amide bonds. The van der Waals surface area contributed by atoms with E-state index in [9.17, 15) is 0 Å². The highest BCUT2D eigenvalue weighted by atomic mass is 127. The van der Waals surface area contributed by atoms with Gasteiger partial charge in [-0.25, -0.2) is 0 Å². The monoisotopic (exact) mass is 494 g/mol. The van der Waals surface area contributed by atoms with Crippen LogP contribution in [0.3, 0.4) is 0 Å². The van der Waals surface area contributed by atoms with Crippen molar-refractivity contribution in [2.24, 2.45) is 10.7 Å². The van der Waals surface area contributed by atoms with Gasteiger partial charge < -0.3 is 15.8 Å². The first-order valence-electron chi connectivity index (χ1n) is 9.72. The maximum Gasteiger partial charge on any atom is 0.188 e. The Balaban J connectivity index is 0.00000280. The van der Waals surface area contributed by atoms with Gasteiger partial charge in [-0.15, -0.1) is 24.0 Å². The molecule has 1 atom stereocenters. The van der Waals surface area contributed by atoms with Crippen LogP contribution in [-0.4, -0.2) is 44.1 Å². The normalized spacial score (nSPS) is 15.7. The van der Waals surface area contributed by atoms with Gasteiger partial charge >= 0.3 is 0 Å². The first-order chi connectivity index (χ1) is 13.3. The third kappa shape index (κ3) is 6.67. The van der Waals surface area contributed by atoms with Gasteiger partial charge in [0.15, 0.2) is 5.96 Å². The molecule has 5 nitrogen and oxygen atoms in total. The summed E-state index contributed by atoms with van der Waals surface area (Å²) in [5.41, 5.74) is 8.64. The summed E-state index contributed by atoms with van der Waals surface area (Å²) < 4.78 is 5.40. The van der Waals surface area contributed by atoms with Gasteiger partial charge in [-0.1, -0.05) is 42.5 Å². The van der Waals surface area contributed by atoms with Gasteiger partial charge in [0.05, 0.1) is 19.7 Å². The van der Waals surface area contributed by atoms with Crippen molar-refractivity contribution in [3.05, 3.63) is 65.7 Å². The van der Waals surface area contributed by atoms with Crippen molar-refractivity contribution >= 4 is 29.9 Å². The average Bonchev–Trinajstić information content (AvgIpc) is 3.24. The number of likely N-dealkylation sites (tertiary alicyclic amines) is 1. The molecule has 1 aliphatic rings. The average molecular weight is 494 g/mol. The van der Waals surface area contributed by atoms with E-state index in [0.29, 0.717) is 12.5 Å². The molecule has 3 N–H and O–H groups in total. The van der Waals surface area contributed by atoms with Gasteiger partial charge in [-0.2, -0.15) is 0 Å². The van der Waals surface area contributed by atoms with Crippen molar-refractivity contribution in [2.45, 2.75) is 25.3 Å². The Labute approximate surface area is 185 Å². The summed E-state index contributed by atoms with van der Waals surface area (Å²) in [5, 5.41) is 3.24. The summed E-state index contributed by atoms with van der Waals surface area (Å²) in [4.78, 5) is 7.13. The number of guanidine groups is 1. The Kier molecular flexibility index (Phi) is 9.57. The highest BCUT2D eigenvalue weighted by Gasteiger charge is 2.23. The number of halogens is 1. The number of benzene rings is 2. The fraction of sp³-hybridized carbons (Fsp3) is 0.409. The van der Waals surface area contributed by atoms with Gasteiger partial charge in [0.25, 0.3) is 0 Å². The van der Waals surface area contributed by atoms with Gasteiger partial charge in [-0.3, -0.25) is 9.89 Å². The van der Waals surface area contributed by atoms with E-state index in [-0.39, 0.29) is 30.0 Å². The zero-order valence-electron chi connectivity index (χ0n) is 16.5. The molecule has 1 saturated heterocycles. The molecular formula is C22H31IN4O. The van der Waals surface area contributed by atoms with Crippen LogP contribution in [0.25, 0.3) is 0 Å². The van der Waals surface area contributed by atoms with Crippen molar-refractivity contribution in [1.82, 2.24) is 10.2 Å². The summed E-state index contributed by atoms with van der Waals surface area (Å²) in [6, 6.07) is 18.9. The van der Waals surface area contributed by atoms with Crippen molar-refractivity contribution in [2.75, 3.05) is 33.3 Å². The summed E-state index contributed by atoms with van der Waals surface area (Å²) in [6.07, 6.45) is 3.42. The van der Waals surface area contributed by atoms with Gasteiger partial charge in [0.2, 0.25) is 0 Å². The lowest BCUT2D eigenvalue weighted by atomic mass is 10.1. The van der Waals surface area contributed by atoms with Crippen LogP contribution in [0.1, 0.15) is 30.0 Å². The largest absolute Gasteiger partial charge is 0.497 e. The van der Waals surface area contributed by atoms with Crippen LogP contribution in [0.15, 0.2) is 59.6 Å². The zero-order valence-corrected chi connectivity index (χ0v) is 18.8. The van der Waals surface area contributed by atoms with Crippen LogP contribution in [0.4, 0.5) is 0 Å². The van der Waals surface area contributed by atoms with Gasteiger partial charge in [0.1, 0.15) is 5.75 Å². The molecule has 2 aromatic carbocycles. The molecule has 28 heavy (non-hydrogen) atoms. The Morgan fingerprint density at radius 2 is 1.89 bits per heavy atom. The van der Waals surface area contributed by atoms with E-state index < -0.39 is 0 Å². The Morgan fingerprint density at radius 1 is 1.14 bits per heavy atom. The topological polar surface area (TPSA) is 62.9 Å². The fourth-order valence-corrected chi connectivity index (χ4v) is 3.55. The van der Waals surface area contributed by atoms with E-state index in [1.807, 2.05) is 18.2 Å². The number of hydrogen-bond acceptors (Lipinski definition) is 3. The van der Waals surface area contributed by atoms with Crippen LogP contribution in [0.5, 0.6) is 5.75 Å². The number of ether oxygens (including phenoxy) is 1. The lowest BCUT2D eigenvalue weighted by Gasteiger charge is -2.27. The van der Waals surface area contributed by atoms with Crippen LogP contribution in [0, 0.1) is 0 Å². The number of nitrogens with one attached hydrogen (secondary N) is 1. The second kappa shape index (κ2) is 11.9. The molecule has 0 spiro atoms. The minimum atomic E-state index is 0. The van der Waals surface area contributed by atoms with Crippen molar-refractivity contribution < 1.29 is 4.74 Å². The molecule has 1 aliphatic heterocycles. The second-order valence-electron chi connectivity index (χ2n) is 6.92. The van der Waals surface area contributed by atoms with Crippen LogP contribution in [-0.2, 0) is 6.42 Å². The molecule has 6 heteroatoms. The maximum absolute atomic E-state index is 6.11. The number of methoxy groups -OCH3 is 1. The number of hydrogen-bond donors (Lipinski definition) is 2. The molecule has 1 unspecified atom stereocenters. The number of nitrogens with two attached hydrogens (primary N) is 1. The number of aliphatic imine (C=N–C) groups is 1. The third-order valence-electron chi connectivity index (χ3n) is 5.06. The molecule has 3 rings (SSSR count). The zero-order chi connectivity index (χ0) is 18.9. The van der Waals surface area contributed by atoms with Crippen LogP contribution < -0.4 is 15.8 Å². The van der Waals surface area contributed by atoms with Crippen molar-refractivity contribution in [3.63, 3.8) is 0 Å². The first kappa shape index (κ1) is 22.5. The molecule has 152 valence electrons. The predicted octanol–water partition coefficient (Wildman–Crippen LogP) is 3.60. The summed E-state index contributed by atoms with van der Waals surface area (Å²) >= 11 is 0. The quantitative estimate of drug-likeness (QED) is 0.335. The highest BCUT2D eigenvalue weighted by molar-refractivity contribution is 14.0. The van der Waals surface area contributed by atoms with Gasteiger partial charge in [-0.05, 0) is 55.6 Å². The summed E-state index contributed by atoms with van der Waals surface area (Å²) in [7, 11) is 1.71. The Hall–Kier alpha value is -1.80. The lowest BCUT2D eigenvalue weighted by molar-refractivity contribution is 0.251. The van der Waals surface area contributed by atoms with E-state index >= 15 is 0 Å². The van der Waals surface area contributed by atoms with Crippen LogP contribution >= 0.6 is 24.0 Å². The lowest BCUT2D eigenvalue weighted by Crippen LogP contribution is -2.35. The van der Waals surface area contributed by atoms with E-state index in [1.54, 1.807) is 7.11 Å². The predicted molar refractivity (Wildman–Crippen MR) is 127 cm³/mol. The minimum Gasteiger partial charge on any atom is -0.497 e. The van der Waals surface area contributed by atoms with E-state index in [2.05, 4.69) is 51.6 Å². The SMILES string of the molecule is COc1cccc(C(CN=C(N)NCCc2ccccc2)N2CCCC2)c1.I. The van der Waals surface area contributed by atoms with Crippen LogP contribution in [0.2, 0.25) is 0 Å². The molecule has 0 aliphatic carbocycles. The maximum atomic E-state index is 6.11. The molecule has 0 bridgehead atoms. The smallest absolute Gasteiger partial charge is 0.188 e. The van der Waals surface area contributed by atoms with E-state index in [1.165, 1.54) is 24.0 Å². The summed E-state index contributed by atoms with van der Waals surface area (Å²) in [6.45, 7) is 3.65. The minimum absolute atomic E-state index is 0. The van der Waals surface area contributed by atoms with E-state index in [4.69, 9.17) is 10.5 Å². The fourth-order valence-electron chi connectivity index (χ4n) is 3.55. The van der Waals surface area contributed by atoms with Crippen molar-refractivity contribution in [1.29, 1.82) is 0 Å². The van der Waals surface area contributed by atoms with E-state index in [0.717, 1.165) is 31.8 Å². The molecule has 0 aromatic heterocycles. The summed E-state index contributed by atoms with van der Waals surface area (Å²) in [5.74, 6) is 1.40. The molecule has 1 heterocycles. The molecule has 0 saturated carbocycles. The number of nitrogens with zero attached hydrogens (tertiary/aromatic N) is 2. The molecular weight excluding hydrogens is 463 g/mol. The molecule has 2 aromatic rings. The third-order valence-corrected chi connectivity index (χ3v) is 5.06. The Morgan fingerprint density at radius 3 is 2.61 bits per heavy atom. The Bertz CT molecular complexity index is 732. The standard InChI is InChI=1S/C22H30N4O.HI/c1-27-20-11-7-10-19(16-20)21(26-14-5-6-15-26)17-25-22(23)24-13-12-18-8-3-2-4-9-18;/h2-4,7-11,16,21H,5-6,12-15,17H2,1H3,(H3,23,24,25);1H. The first-order valence-corrected chi connectivity index (χ1v) is 9.72. The van der Waals surface area contributed by atoms with Gasteiger partial charge in [0, 0.05) is 6.54 Å². The molecule has 1 fully saturated rings. The highest BCUT2D eigenvalue weighted by Crippen LogP contribution is 2.27. The van der Waals surface area contributed by atoms with Crippen molar-refractivity contribution in [3.8, 4) is 5.75 Å².